The van der Waals surface area contributed by atoms with Gasteiger partial charge in [-0.3, -0.25) is 4.90 Å². The quantitative estimate of drug-likeness (QED) is 0.885. The van der Waals surface area contributed by atoms with Crippen LogP contribution in [0.15, 0.2) is 29.8 Å². The highest BCUT2D eigenvalue weighted by atomic mass is 32.1. The Labute approximate surface area is 131 Å². The Bertz CT molecular complexity index is 579. The Morgan fingerprint density at radius 3 is 2.67 bits per heavy atom. The van der Waals surface area contributed by atoms with Crippen LogP contribution in [0, 0.1) is 13.8 Å². The third kappa shape index (κ3) is 3.90. The molecule has 0 aliphatic heterocycles. The molecule has 114 valence electrons. The molecule has 1 aromatic heterocycles. The van der Waals surface area contributed by atoms with Crippen molar-refractivity contribution in [3.8, 4) is 0 Å². The maximum atomic E-state index is 6.41. The van der Waals surface area contributed by atoms with E-state index in [0.29, 0.717) is 0 Å². The van der Waals surface area contributed by atoms with E-state index >= 15 is 0 Å². The Balaban J connectivity index is 2.25. The van der Waals surface area contributed by atoms with E-state index in [1.807, 2.05) is 5.51 Å². The third-order valence-electron chi connectivity index (χ3n) is 3.97. The molecule has 0 fully saturated rings. The van der Waals surface area contributed by atoms with Crippen LogP contribution < -0.4 is 5.73 Å². The van der Waals surface area contributed by atoms with Gasteiger partial charge in [0.2, 0.25) is 0 Å². The molecule has 2 aromatic rings. The standard InChI is InChI=1S/C17H25N3S/c1-5-15(18)17(14-8-6-7-12(2)9-14)20(4)10-16-13(3)19-11-21-16/h6-9,11,15,17H,5,10,18H2,1-4H3. The fourth-order valence-corrected chi connectivity index (χ4v) is 3.55. The summed E-state index contributed by atoms with van der Waals surface area (Å²) in [6, 6.07) is 9.04. The zero-order valence-electron chi connectivity index (χ0n) is 13.3. The average Bonchev–Trinajstić information content (AvgIpc) is 2.84. The van der Waals surface area contributed by atoms with E-state index in [2.05, 4.69) is 62.0 Å². The number of hydrogen-bond donors (Lipinski definition) is 1. The van der Waals surface area contributed by atoms with Crippen molar-refractivity contribution in [1.29, 1.82) is 0 Å². The van der Waals surface area contributed by atoms with Crippen LogP contribution in [-0.4, -0.2) is 23.0 Å². The summed E-state index contributed by atoms with van der Waals surface area (Å²) in [6.07, 6.45) is 0.963. The Morgan fingerprint density at radius 2 is 2.10 bits per heavy atom. The van der Waals surface area contributed by atoms with Gasteiger partial charge < -0.3 is 5.73 Å². The highest BCUT2D eigenvalue weighted by Gasteiger charge is 2.24. The molecule has 2 unspecified atom stereocenters. The molecule has 0 bridgehead atoms. The number of aromatic nitrogens is 1. The molecular weight excluding hydrogens is 278 g/mol. The van der Waals surface area contributed by atoms with Gasteiger partial charge in [-0.25, -0.2) is 4.98 Å². The van der Waals surface area contributed by atoms with Crippen LogP contribution in [0.25, 0.3) is 0 Å². The van der Waals surface area contributed by atoms with Crippen molar-refractivity contribution in [2.45, 2.75) is 45.8 Å². The molecule has 0 aliphatic rings. The largest absolute Gasteiger partial charge is 0.326 e. The van der Waals surface area contributed by atoms with Gasteiger partial charge in [0.1, 0.15) is 0 Å². The molecule has 0 radical (unpaired) electrons. The van der Waals surface area contributed by atoms with Crippen molar-refractivity contribution in [2.24, 2.45) is 5.73 Å². The summed E-state index contributed by atoms with van der Waals surface area (Å²) in [7, 11) is 2.15. The van der Waals surface area contributed by atoms with Gasteiger partial charge >= 0.3 is 0 Å². The van der Waals surface area contributed by atoms with Crippen LogP contribution in [0.5, 0.6) is 0 Å². The fraction of sp³-hybridized carbons (Fsp3) is 0.471. The third-order valence-corrected chi connectivity index (χ3v) is 4.89. The maximum absolute atomic E-state index is 6.41. The molecule has 0 saturated carbocycles. The minimum atomic E-state index is 0.130. The molecule has 2 N–H and O–H groups in total. The number of rotatable bonds is 6. The van der Waals surface area contributed by atoms with E-state index in [1.165, 1.54) is 16.0 Å². The predicted octanol–water partition coefficient (Wildman–Crippen LogP) is 3.67. The molecule has 0 saturated heterocycles. The van der Waals surface area contributed by atoms with Gasteiger partial charge in [-0.1, -0.05) is 36.8 Å². The van der Waals surface area contributed by atoms with E-state index < -0.39 is 0 Å². The Hall–Kier alpha value is -1.23. The van der Waals surface area contributed by atoms with Crippen molar-refractivity contribution in [3.63, 3.8) is 0 Å². The molecule has 3 nitrogen and oxygen atoms in total. The van der Waals surface area contributed by atoms with Crippen molar-refractivity contribution < 1.29 is 0 Å². The highest BCUT2D eigenvalue weighted by molar-refractivity contribution is 7.09. The lowest BCUT2D eigenvalue weighted by atomic mass is 9.95. The number of aryl methyl sites for hydroxylation is 2. The lowest BCUT2D eigenvalue weighted by Gasteiger charge is -2.32. The Morgan fingerprint density at radius 1 is 1.33 bits per heavy atom. The Kier molecular flexibility index (Phi) is 5.51. The topological polar surface area (TPSA) is 42.1 Å². The van der Waals surface area contributed by atoms with Crippen molar-refractivity contribution in [1.82, 2.24) is 9.88 Å². The zero-order chi connectivity index (χ0) is 15.4. The highest BCUT2D eigenvalue weighted by Crippen LogP contribution is 2.27. The van der Waals surface area contributed by atoms with Crippen LogP contribution in [0.4, 0.5) is 0 Å². The molecule has 2 atom stereocenters. The van der Waals surface area contributed by atoms with Gasteiger partial charge in [-0.05, 0) is 32.9 Å². The first-order valence-corrected chi connectivity index (χ1v) is 8.32. The second-order valence-corrected chi connectivity index (χ2v) is 6.65. The molecule has 0 amide bonds. The van der Waals surface area contributed by atoms with E-state index in [9.17, 15) is 0 Å². The lowest BCUT2D eigenvalue weighted by molar-refractivity contribution is 0.203. The van der Waals surface area contributed by atoms with E-state index in [-0.39, 0.29) is 12.1 Å². The van der Waals surface area contributed by atoms with E-state index in [4.69, 9.17) is 5.73 Å². The fourth-order valence-electron chi connectivity index (χ4n) is 2.71. The average molecular weight is 303 g/mol. The molecule has 0 spiro atoms. The van der Waals surface area contributed by atoms with Gasteiger partial charge in [-0.15, -0.1) is 11.3 Å². The second-order valence-electron chi connectivity index (χ2n) is 5.71. The van der Waals surface area contributed by atoms with E-state index in [0.717, 1.165) is 18.7 Å². The summed E-state index contributed by atoms with van der Waals surface area (Å²) in [5.74, 6) is 0. The molecule has 1 aromatic carbocycles. The molecular formula is C17H25N3S. The lowest BCUT2D eigenvalue weighted by Crippen LogP contribution is -2.38. The van der Waals surface area contributed by atoms with Gasteiger partial charge in [0.05, 0.1) is 11.2 Å². The summed E-state index contributed by atoms with van der Waals surface area (Å²) in [5.41, 5.74) is 12.0. The SMILES string of the molecule is CCC(N)C(c1cccc(C)c1)N(C)Cc1scnc1C. The zero-order valence-corrected chi connectivity index (χ0v) is 14.2. The van der Waals surface area contributed by atoms with Crippen LogP contribution in [0.1, 0.15) is 41.1 Å². The van der Waals surface area contributed by atoms with Crippen LogP contribution in [0.2, 0.25) is 0 Å². The predicted molar refractivity (Wildman–Crippen MR) is 90.5 cm³/mol. The van der Waals surface area contributed by atoms with Crippen LogP contribution in [0.3, 0.4) is 0 Å². The molecule has 4 heteroatoms. The first-order chi connectivity index (χ1) is 10.0. The second kappa shape index (κ2) is 7.16. The van der Waals surface area contributed by atoms with Crippen molar-refractivity contribution in [3.05, 3.63) is 51.5 Å². The first kappa shape index (κ1) is 16.1. The summed E-state index contributed by atoms with van der Waals surface area (Å²) in [6.45, 7) is 7.24. The summed E-state index contributed by atoms with van der Waals surface area (Å²) in [4.78, 5) is 8.01. The number of benzene rings is 1. The monoisotopic (exact) mass is 303 g/mol. The normalized spacial score (nSPS) is 14.4. The first-order valence-electron chi connectivity index (χ1n) is 7.44. The van der Waals surface area contributed by atoms with Gasteiger partial charge in [0.25, 0.3) is 0 Å². The molecule has 2 rings (SSSR count). The summed E-state index contributed by atoms with van der Waals surface area (Å²) >= 11 is 1.72. The number of nitrogens with two attached hydrogens (primary N) is 1. The number of nitrogens with zero attached hydrogens (tertiary/aromatic N) is 2. The summed E-state index contributed by atoms with van der Waals surface area (Å²) in [5, 5.41) is 0. The van der Waals surface area contributed by atoms with Crippen molar-refractivity contribution in [2.75, 3.05) is 7.05 Å². The minimum Gasteiger partial charge on any atom is -0.326 e. The van der Waals surface area contributed by atoms with Crippen LogP contribution >= 0.6 is 11.3 Å². The molecule has 0 aliphatic carbocycles. The number of likely N-dealkylation sites (N-methyl/N-ethyl adjacent to an activating group) is 1. The molecule has 21 heavy (non-hydrogen) atoms. The molecule has 1 heterocycles. The van der Waals surface area contributed by atoms with Crippen LogP contribution in [-0.2, 0) is 6.54 Å². The summed E-state index contributed by atoms with van der Waals surface area (Å²) < 4.78 is 0. The van der Waals surface area contributed by atoms with Gasteiger partial charge in [0, 0.05) is 23.5 Å². The van der Waals surface area contributed by atoms with Gasteiger partial charge in [-0.2, -0.15) is 0 Å². The number of hydrogen-bond acceptors (Lipinski definition) is 4. The smallest absolute Gasteiger partial charge is 0.0798 e. The minimum absolute atomic E-state index is 0.130. The maximum Gasteiger partial charge on any atom is 0.0798 e. The van der Waals surface area contributed by atoms with Gasteiger partial charge in [0.15, 0.2) is 0 Å². The number of thiazole rings is 1. The van der Waals surface area contributed by atoms with Crippen molar-refractivity contribution >= 4 is 11.3 Å². The van der Waals surface area contributed by atoms with E-state index in [1.54, 1.807) is 11.3 Å².